The van der Waals surface area contributed by atoms with Crippen LogP contribution in [0.1, 0.15) is 5.56 Å². The summed E-state index contributed by atoms with van der Waals surface area (Å²) in [6.45, 7) is 3.63. The normalized spacial score (nSPS) is 17.3. The van der Waals surface area contributed by atoms with Crippen LogP contribution < -0.4 is 0 Å². The molecule has 150 valence electrons. The average molecular weight is 470 g/mol. The topological polar surface area (TPSA) is 110 Å². The molecule has 0 bridgehead atoms. The maximum atomic E-state index is 12.7. The van der Waals surface area contributed by atoms with Gasteiger partial charge in [-0.1, -0.05) is 29.8 Å². The standard InChI is InChI=1S/C17H12ClN3O5S3/c1-2-8-20-16(22)13(10-11-4-3-5-12(9-11)21(23)24)27-17(20)19-29(25,26)15-7-6-14(18)28-15/h2-7,9-10H,1,8H2/b13-10-,19-17+. The van der Waals surface area contributed by atoms with Crippen molar-refractivity contribution in [2.75, 3.05) is 6.54 Å². The lowest BCUT2D eigenvalue weighted by atomic mass is 10.2. The van der Waals surface area contributed by atoms with E-state index in [9.17, 15) is 23.3 Å². The Hall–Kier alpha value is -2.47. The molecule has 3 rings (SSSR count). The van der Waals surface area contributed by atoms with E-state index in [-0.39, 0.29) is 26.5 Å². The zero-order valence-corrected chi connectivity index (χ0v) is 17.7. The summed E-state index contributed by atoms with van der Waals surface area (Å²) in [4.78, 5) is 24.5. The van der Waals surface area contributed by atoms with E-state index in [4.69, 9.17) is 11.6 Å². The number of amidine groups is 1. The minimum atomic E-state index is -4.06. The maximum Gasteiger partial charge on any atom is 0.294 e. The summed E-state index contributed by atoms with van der Waals surface area (Å²) in [6, 6.07) is 8.54. The zero-order chi connectivity index (χ0) is 21.2. The molecular formula is C17H12ClN3O5S3. The number of halogens is 1. The Morgan fingerprint density at radius 3 is 2.69 bits per heavy atom. The van der Waals surface area contributed by atoms with Crippen molar-refractivity contribution in [3.63, 3.8) is 0 Å². The molecular weight excluding hydrogens is 458 g/mol. The van der Waals surface area contributed by atoms with Crippen LogP contribution in [0.3, 0.4) is 0 Å². The van der Waals surface area contributed by atoms with Crippen molar-refractivity contribution in [2.24, 2.45) is 4.40 Å². The van der Waals surface area contributed by atoms with E-state index in [0.717, 1.165) is 23.1 Å². The van der Waals surface area contributed by atoms with Gasteiger partial charge >= 0.3 is 0 Å². The summed E-state index contributed by atoms with van der Waals surface area (Å²) in [5.41, 5.74) is 0.312. The van der Waals surface area contributed by atoms with Crippen LogP contribution in [0.2, 0.25) is 4.34 Å². The van der Waals surface area contributed by atoms with Gasteiger partial charge in [-0.25, -0.2) is 0 Å². The van der Waals surface area contributed by atoms with Crippen LogP contribution in [0.5, 0.6) is 0 Å². The maximum absolute atomic E-state index is 12.7. The Labute approximate surface area is 179 Å². The van der Waals surface area contributed by atoms with E-state index < -0.39 is 20.9 Å². The van der Waals surface area contributed by atoms with Gasteiger partial charge in [-0.05, 0) is 35.5 Å². The highest BCUT2D eigenvalue weighted by Gasteiger charge is 2.34. The molecule has 0 radical (unpaired) electrons. The molecule has 12 heteroatoms. The van der Waals surface area contributed by atoms with E-state index in [1.54, 1.807) is 6.07 Å². The number of thioether (sulfide) groups is 1. The van der Waals surface area contributed by atoms with Crippen LogP contribution in [0.25, 0.3) is 6.08 Å². The molecule has 8 nitrogen and oxygen atoms in total. The van der Waals surface area contributed by atoms with E-state index in [2.05, 4.69) is 11.0 Å². The summed E-state index contributed by atoms with van der Waals surface area (Å²) in [5.74, 6) is -0.473. The predicted molar refractivity (Wildman–Crippen MR) is 115 cm³/mol. The molecule has 1 aromatic heterocycles. The number of thiophene rings is 1. The number of rotatable bonds is 6. The van der Waals surface area contributed by atoms with Crippen molar-refractivity contribution in [3.8, 4) is 0 Å². The Morgan fingerprint density at radius 2 is 2.07 bits per heavy atom. The first-order chi connectivity index (χ1) is 13.7. The monoisotopic (exact) mass is 469 g/mol. The Kier molecular flexibility index (Phi) is 6.22. The summed E-state index contributed by atoms with van der Waals surface area (Å²) in [6.07, 6.45) is 2.89. The van der Waals surface area contributed by atoms with Crippen LogP contribution in [0.4, 0.5) is 5.69 Å². The first-order valence-corrected chi connectivity index (χ1v) is 11.3. The average Bonchev–Trinajstić information content (AvgIpc) is 3.22. The highest BCUT2D eigenvalue weighted by Crippen LogP contribution is 2.35. The molecule has 1 fully saturated rings. The van der Waals surface area contributed by atoms with Gasteiger partial charge in [-0.3, -0.25) is 19.8 Å². The number of hydrogen-bond donors (Lipinski definition) is 0. The number of non-ortho nitro benzene ring substituents is 1. The third-order valence-corrected chi connectivity index (χ3v) is 7.67. The van der Waals surface area contributed by atoms with Crippen molar-refractivity contribution in [2.45, 2.75) is 4.21 Å². The van der Waals surface area contributed by atoms with Gasteiger partial charge in [-0.15, -0.1) is 22.3 Å². The van der Waals surface area contributed by atoms with Gasteiger partial charge in [0, 0.05) is 18.7 Å². The molecule has 2 heterocycles. The SMILES string of the molecule is C=CCN1C(=O)/C(=C/c2cccc([N+](=O)[O-])c2)S/C1=N/S(=O)(=O)c1ccc(Cl)s1. The van der Waals surface area contributed by atoms with Crippen LogP contribution in [-0.2, 0) is 14.8 Å². The van der Waals surface area contributed by atoms with Crippen molar-refractivity contribution in [1.82, 2.24) is 4.90 Å². The number of sulfonamides is 1. The number of amides is 1. The van der Waals surface area contributed by atoms with Crippen molar-refractivity contribution in [1.29, 1.82) is 0 Å². The number of nitrogens with zero attached hydrogens (tertiary/aromatic N) is 3. The first kappa shape index (κ1) is 21.2. The molecule has 0 saturated carbocycles. The van der Waals surface area contributed by atoms with Gasteiger partial charge in [-0.2, -0.15) is 8.42 Å². The van der Waals surface area contributed by atoms with Gasteiger partial charge in [0.25, 0.3) is 21.6 Å². The molecule has 1 aliphatic rings. The number of nitro groups is 1. The largest absolute Gasteiger partial charge is 0.294 e. The van der Waals surface area contributed by atoms with Gasteiger partial charge in [0.2, 0.25) is 0 Å². The Bertz CT molecular complexity index is 1170. The molecule has 1 aromatic carbocycles. The van der Waals surface area contributed by atoms with E-state index in [1.807, 2.05) is 0 Å². The first-order valence-electron chi connectivity index (χ1n) is 7.88. The van der Waals surface area contributed by atoms with Crippen molar-refractivity contribution < 1.29 is 18.1 Å². The summed E-state index contributed by atoms with van der Waals surface area (Å²) in [5, 5.41) is 10.9. The smallest absolute Gasteiger partial charge is 0.282 e. The lowest BCUT2D eigenvalue weighted by Crippen LogP contribution is -2.29. The zero-order valence-electron chi connectivity index (χ0n) is 14.5. The molecule has 1 aliphatic heterocycles. The predicted octanol–water partition coefficient (Wildman–Crippen LogP) is 4.16. The lowest BCUT2D eigenvalue weighted by Gasteiger charge is -2.12. The fraction of sp³-hybridized carbons (Fsp3) is 0.0588. The van der Waals surface area contributed by atoms with Crippen molar-refractivity contribution in [3.05, 3.63) is 74.0 Å². The van der Waals surface area contributed by atoms with Crippen LogP contribution in [0.15, 0.2) is 62.6 Å². The van der Waals surface area contributed by atoms with Crippen LogP contribution in [0, 0.1) is 10.1 Å². The number of carbonyl (C=O) groups excluding carboxylic acids is 1. The van der Waals surface area contributed by atoms with Crippen LogP contribution >= 0.6 is 34.7 Å². The van der Waals surface area contributed by atoms with E-state index in [1.165, 1.54) is 47.4 Å². The molecule has 29 heavy (non-hydrogen) atoms. The molecule has 1 saturated heterocycles. The van der Waals surface area contributed by atoms with E-state index in [0.29, 0.717) is 9.90 Å². The highest BCUT2D eigenvalue weighted by molar-refractivity contribution is 8.19. The molecule has 0 atom stereocenters. The van der Waals surface area contributed by atoms with Gasteiger partial charge in [0.15, 0.2) is 5.17 Å². The molecule has 2 aromatic rings. The summed E-state index contributed by atoms with van der Waals surface area (Å²) < 4.78 is 29.1. The second kappa shape index (κ2) is 8.49. The minimum absolute atomic E-state index is 0.0314. The number of carbonyl (C=O) groups is 1. The van der Waals surface area contributed by atoms with Gasteiger partial charge in [0.05, 0.1) is 14.2 Å². The number of hydrogen-bond acceptors (Lipinski definition) is 7. The van der Waals surface area contributed by atoms with Gasteiger partial charge < -0.3 is 0 Å². The second-order valence-electron chi connectivity index (χ2n) is 5.57. The lowest BCUT2D eigenvalue weighted by molar-refractivity contribution is -0.384. The fourth-order valence-corrected chi connectivity index (χ4v) is 5.98. The Morgan fingerprint density at radius 1 is 1.31 bits per heavy atom. The highest BCUT2D eigenvalue weighted by atomic mass is 35.5. The quantitative estimate of drug-likeness (QED) is 0.272. The molecule has 0 N–H and O–H groups in total. The fourth-order valence-electron chi connectivity index (χ4n) is 2.33. The van der Waals surface area contributed by atoms with Crippen molar-refractivity contribution >= 4 is 67.6 Å². The van der Waals surface area contributed by atoms with E-state index >= 15 is 0 Å². The number of nitro benzene ring substituents is 1. The summed E-state index contributed by atoms with van der Waals surface area (Å²) >= 11 is 7.53. The third kappa shape index (κ3) is 4.75. The number of benzene rings is 1. The summed E-state index contributed by atoms with van der Waals surface area (Å²) in [7, 11) is -4.06. The van der Waals surface area contributed by atoms with Gasteiger partial charge in [0.1, 0.15) is 4.21 Å². The Balaban J connectivity index is 1.99. The molecule has 0 unspecified atom stereocenters. The molecule has 0 aliphatic carbocycles. The second-order valence-corrected chi connectivity index (χ2v) is 10.1. The minimum Gasteiger partial charge on any atom is -0.282 e. The third-order valence-electron chi connectivity index (χ3n) is 3.58. The van der Waals surface area contributed by atoms with Crippen LogP contribution in [-0.4, -0.2) is 35.9 Å². The molecule has 0 spiro atoms. The molecule has 1 amide bonds.